The van der Waals surface area contributed by atoms with Crippen LogP contribution in [0.15, 0.2) is 4.52 Å². The molecule has 3 fully saturated rings. The van der Waals surface area contributed by atoms with Crippen molar-refractivity contribution < 1.29 is 9.63 Å². The maximum atomic E-state index is 9.30. The van der Waals surface area contributed by atoms with Crippen LogP contribution in [0, 0.1) is 11.8 Å². The highest BCUT2D eigenvalue weighted by Crippen LogP contribution is 2.54. The van der Waals surface area contributed by atoms with E-state index in [1.807, 2.05) is 0 Å². The van der Waals surface area contributed by atoms with Gasteiger partial charge in [0.25, 0.3) is 0 Å². The lowest BCUT2D eigenvalue weighted by Gasteiger charge is -2.27. The zero-order chi connectivity index (χ0) is 11.4. The molecule has 4 nitrogen and oxygen atoms in total. The van der Waals surface area contributed by atoms with Crippen LogP contribution in [-0.2, 0) is 0 Å². The Balaban J connectivity index is 1.53. The molecule has 0 aliphatic heterocycles. The Kier molecular flexibility index (Phi) is 2.10. The van der Waals surface area contributed by atoms with E-state index in [1.165, 1.54) is 25.7 Å². The Morgan fingerprint density at radius 3 is 2.29 bits per heavy atom. The number of hydrogen-bond acceptors (Lipinski definition) is 4. The standard InChI is InChI=1S/C13H18N2O2/c16-10-5-9(6-10)13-14-12(15-17-13)11(7-1-2-7)8-3-4-8/h7-11,16H,1-6H2. The van der Waals surface area contributed by atoms with E-state index in [0.717, 1.165) is 36.4 Å². The summed E-state index contributed by atoms with van der Waals surface area (Å²) in [5, 5.41) is 13.5. The van der Waals surface area contributed by atoms with E-state index in [2.05, 4.69) is 10.1 Å². The number of aliphatic hydroxyl groups is 1. The highest BCUT2D eigenvalue weighted by molar-refractivity contribution is 5.10. The number of nitrogens with zero attached hydrogens (tertiary/aromatic N) is 2. The van der Waals surface area contributed by atoms with Crippen LogP contribution in [0.1, 0.15) is 62.1 Å². The van der Waals surface area contributed by atoms with Gasteiger partial charge in [-0.3, -0.25) is 0 Å². The fourth-order valence-electron chi connectivity index (χ4n) is 3.06. The average molecular weight is 234 g/mol. The van der Waals surface area contributed by atoms with E-state index in [0.29, 0.717) is 11.8 Å². The molecular weight excluding hydrogens is 216 g/mol. The van der Waals surface area contributed by atoms with Crippen molar-refractivity contribution in [3.05, 3.63) is 11.7 Å². The van der Waals surface area contributed by atoms with Gasteiger partial charge in [0, 0.05) is 11.8 Å². The van der Waals surface area contributed by atoms with Crippen LogP contribution >= 0.6 is 0 Å². The van der Waals surface area contributed by atoms with Crippen LogP contribution in [0.5, 0.6) is 0 Å². The highest BCUT2D eigenvalue weighted by Gasteiger charge is 2.45. The third-order valence-electron chi connectivity index (χ3n) is 4.48. The summed E-state index contributed by atoms with van der Waals surface area (Å²) < 4.78 is 5.38. The molecule has 1 N–H and O–H groups in total. The van der Waals surface area contributed by atoms with Crippen molar-refractivity contribution in [2.45, 2.75) is 56.5 Å². The predicted octanol–water partition coefficient (Wildman–Crippen LogP) is 2.21. The molecule has 3 aliphatic rings. The summed E-state index contributed by atoms with van der Waals surface area (Å²) in [5.74, 6) is 4.23. The molecule has 0 saturated heterocycles. The summed E-state index contributed by atoms with van der Waals surface area (Å²) in [6.45, 7) is 0. The van der Waals surface area contributed by atoms with Crippen molar-refractivity contribution in [1.29, 1.82) is 0 Å². The maximum absolute atomic E-state index is 9.30. The first-order chi connectivity index (χ1) is 8.31. The van der Waals surface area contributed by atoms with E-state index in [9.17, 15) is 5.11 Å². The Morgan fingerprint density at radius 2 is 1.76 bits per heavy atom. The molecular formula is C13H18N2O2. The van der Waals surface area contributed by atoms with Gasteiger partial charge in [0.15, 0.2) is 5.82 Å². The fraction of sp³-hybridized carbons (Fsp3) is 0.846. The Hall–Kier alpha value is -0.900. The van der Waals surface area contributed by atoms with Gasteiger partial charge in [0.2, 0.25) is 5.89 Å². The van der Waals surface area contributed by atoms with Gasteiger partial charge in [-0.15, -0.1) is 0 Å². The molecule has 1 aromatic rings. The Labute approximate surface area is 100 Å². The summed E-state index contributed by atoms with van der Waals surface area (Å²) >= 11 is 0. The normalized spacial score (nSPS) is 32.8. The van der Waals surface area contributed by atoms with Gasteiger partial charge in [-0.25, -0.2) is 0 Å². The molecule has 0 aromatic carbocycles. The molecule has 3 saturated carbocycles. The van der Waals surface area contributed by atoms with Crippen LogP contribution in [0.2, 0.25) is 0 Å². The smallest absolute Gasteiger partial charge is 0.229 e. The molecule has 4 heteroatoms. The highest BCUT2D eigenvalue weighted by atomic mass is 16.5. The van der Waals surface area contributed by atoms with Crippen LogP contribution in [0.4, 0.5) is 0 Å². The summed E-state index contributed by atoms with van der Waals surface area (Å²) in [6.07, 6.45) is 6.79. The quantitative estimate of drug-likeness (QED) is 0.867. The molecule has 17 heavy (non-hydrogen) atoms. The topological polar surface area (TPSA) is 59.2 Å². The first-order valence-electron chi connectivity index (χ1n) is 6.83. The van der Waals surface area contributed by atoms with Gasteiger partial charge >= 0.3 is 0 Å². The van der Waals surface area contributed by atoms with Crippen molar-refractivity contribution in [2.24, 2.45) is 11.8 Å². The fourth-order valence-corrected chi connectivity index (χ4v) is 3.06. The number of aliphatic hydroxyl groups excluding tert-OH is 1. The van der Waals surface area contributed by atoms with Crippen molar-refractivity contribution in [2.75, 3.05) is 0 Å². The molecule has 0 unspecified atom stereocenters. The van der Waals surface area contributed by atoms with Gasteiger partial charge in [-0.2, -0.15) is 4.98 Å². The molecule has 3 aliphatic carbocycles. The number of hydrogen-bond donors (Lipinski definition) is 1. The van der Waals surface area contributed by atoms with Gasteiger partial charge in [-0.1, -0.05) is 5.16 Å². The maximum Gasteiger partial charge on any atom is 0.229 e. The van der Waals surface area contributed by atoms with E-state index >= 15 is 0 Å². The van der Waals surface area contributed by atoms with Gasteiger partial charge in [-0.05, 0) is 50.4 Å². The van der Waals surface area contributed by atoms with Crippen LogP contribution in [0.3, 0.4) is 0 Å². The average Bonchev–Trinajstić information content (AvgIpc) is 3.16. The molecule has 0 spiro atoms. The van der Waals surface area contributed by atoms with Gasteiger partial charge in [0.05, 0.1) is 6.10 Å². The minimum atomic E-state index is -0.155. The van der Waals surface area contributed by atoms with Gasteiger partial charge in [0.1, 0.15) is 0 Å². The second-order valence-electron chi connectivity index (χ2n) is 6.01. The summed E-state index contributed by atoms with van der Waals surface area (Å²) in [6, 6.07) is 0. The van der Waals surface area contributed by atoms with Crippen LogP contribution < -0.4 is 0 Å². The lowest BCUT2D eigenvalue weighted by molar-refractivity contribution is 0.0625. The molecule has 0 bridgehead atoms. The second-order valence-corrected chi connectivity index (χ2v) is 6.01. The number of rotatable bonds is 4. The SMILES string of the molecule is OC1CC(c2nc(C(C3CC3)C3CC3)no2)C1. The minimum absolute atomic E-state index is 0.155. The van der Waals surface area contributed by atoms with Crippen molar-refractivity contribution in [1.82, 2.24) is 10.1 Å². The summed E-state index contributed by atoms with van der Waals surface area (Å²) in [4.78, 5) is 4.60. The second kappa shape index (κ2) is 3.55. The van der Waals surface area contributed by atoms with E-state index in [-0.39, 0.29) is 6.10 Å². The molecule has 0 amide bonds. The molecule has 1 aromatic heterocycles. The first-order valence-corrected chi connectivity index (χ1v) is 6.83. The van der Waals surface area contributed by atoms with E-state index in [4.69, 9.17) is 4.52 Å². The third-order valence-corrected chi connectivity index (χ3v) is 4.48. The summed E-state index contributed by atoms with van der Waals surface area (Å²) in [7, 11) is 0. The zero-order valence-corrected chi connectivity index (χ0v) is 9.88. The monoisotopic (exact) mass is 234 g/mol. The Morgan fingerprint density at radius 1 is 1.12 bits per heavy atom. The van der Waals surface area contributed by atoms with Crippen molar-refractivity contribution in [3.8, 4) is 0 Å². The molecule has 1 heterocycles. The molecule has 0 radical (unpaired) electrons. The number of aromatic nitrogens is 2. The van der Waals surface area contributed by atoms with E-state index < -0.39 is 0 Å². The molecule has 92 valence electrons. The Bertz CT molecular complexity index is 405. The molecule has 4 rings (SSSR count). The lowest BCUT2D eigenvalue weighted by atomic mass is 9.82. The largest absolute Gasteiger partial charge is 0.393 e. The molecule has 0 atom stereocenters. The lowest BCUT2D eigenvalue weighted by Crippen LogP contribution is -2.26. The third kappa shape index (κ3) is 1.79. The van der Waals surface area contributed by atoms with Crippen LogP contribution in [-0.4, -0.2) is 21.4 Å². The zero-order valence-electron chi connectivity index (χ0n) is 9.88. The predicted molar refractivity (Wildman–Crippen MR) is 60.5 cm³/mol. The van der Waals surface area contributed by atoms with E-state index in [1.54, 1.807) is 0 Å². The van der Waals surface area contributed by atoms with Crippen molar-refractivity contribution >= 4 is 0 Å². The summed E-state index contributed by atoms with van der Waals surface area (Å²) in [5.41, 5.74) is 0. The minimum Gasteiger partial charge on any atom is -0.393 e. The van der Waals surface area contributed by atoms with Crippen molar-refractivity contribution in [3.63, 3.8) is 0 Å². The van der Waals surface area contributed by atoms with Gasteiger partial charge < -0.3 is 9.63 Å². The van der Waals surface area contributed by atoms with Crippen LogP contribution in [0.25, 0.3) is 0 Å². The first kappa shape index (κ1) is 10.1.